The van der Waals surface area contributed by atoms with Crippen LogP contribution in [-0.4, -0.2) is 41.1 Å². The van der Waals surface area contributed by atoms with Gasteiger partial charge in [0.15, 0.2) is 5.13 Å². The van der Waals surface area contributed by atoms with E-state index < -0.39 is 0 Å². The maximum absolute atomic E-state index is 12.6. The monoisotopic (exact) mass is 591 g/mol. The Morgan fingerprint density at radius 3 is 2.05 bits per heavy atom. The minimum absolute atomic E-state index is 0.0890. The van der Waals surface area contributed by atoms with Crippen LogP contribution in [0.15, 0.2) is 54.7 Å². The van der Waals surface area contributed by atoms with Crippen molar-refractivity contribution in [2.45, 2.75) is 57.8 Å². The van der Waals surface area contributed by atoms with Gasteiger partial charge in [-0.05, 0) is 54.2 Å². The van der Waals surface area contributed by atoms with Crippen LogP contribution in [0.1, 0.15) is 66.0 Å². The van der Waals surface area contributed by atoms with Gasteiger partial charge in [0.2, 0.25) is 16.9 Å². The number of thiazole rings is 1. The normalized spacial score (nSPS) is 12.4. The van der Waals surface area contributed by atoms with Gasteiger partial charge in [-0.2, -0.15) is 0 Å². The van der Waals surface area contributed by atoms with Gasteiger partial charge in [0.25, 0.3) is 0 Å². The summed E-state index contributed by atoms with van der Waals surface area (Å²) in [6, 6.07) is 15.6. The van der Waals surface area contributed by atoms with Crippen molar-refractivity contribution in [3.8, 4) is 0 Å². The molecule has 0 radical (unpaired) electrons. The molecule has 0 aliphatic rings. The van der Waals surface area contributed by atoms with Gasteiger partial charge in [0.1, 0.15) is 5.01 Å². The molecular weight excluding hydrogens is 555 g/mol. The van der Waals surface area contributed by atoms with Gasteiger partial charge in [-0.3, -0.25) is 9.59 Å². The molecule has 2 amide bonds. The van der Waals surface area contributed by atoms with Crippen LogP contribution in [0.25, 0.3) is 0 Å². The van der Waals surface area contributed by atoms with Crippen molar-refractivity contribution >= 4 is 56.1 Å². The lowest BCUT2D eigenvalue weighted by Gasteiger charge is -2.17. The molecule has 11 heteroatoms. The lowest BCUT2D eigenvalue weighted by molar-refractivity contribution is -0.116. The Morgan fingerprint density at radius 1 is 0.854 bits per heavy atom. The number of carbonyl (C=O) groups excluding carboxylic acids is 2. The summed E-state index contributed by atoms with van der Waals surface area (Å²) in [6.45, 7) is 4.33. The average molecular weight is 592 g/mol. The molecule has 2 atom stereocenters. The first-order valence-electron chi connectivity index (χ1n) is 13.8. The van der Waals surface area contributed by atoms with E-state index in [1.165, 1.54) is 22.7 Å². The fourth-order valence-electron chi connectivity index (χ4n) is 4.63. The molecule has 2 aromatic carbocycles. The molecular formula is C30H37N7O2S2. The van der Waals surface area contributed by atoms with E-state index in [0.717, 1.165) is 51.6 Å². The zero-order valence-corrected chi connectivity index (χ0v) is 25.5. The number of rotatable bonds is 14. The van der Waals surface area contributed by atoms with E-state index in [-0.39, 0.29) is 36.5 Å². The lowest BCUT2D eigenvalue weighted by atomic mass is 9.92. The molecule has 0 aliphatic heterocycles. The van der Waals surface area contributed by atoms with E-state index in [1.807, 2.05) is 68.8 Å². The number of nitrogens with zero attached hydrogens (tertiary/aromatic N) is 3. The zero-order valence-electron chi connectivity index (χ0n) is 23.9. The van der Waals surface area contributed by atoms with Crippen molar-refractivity contribution in [3.05, 3.63) is 75.7 Å². The van der Waals surface area contributed by atoms with Crippen molar-refractivity contribution in [1.82, 2.24) is 15.2 Å². The van der Waals surface area contributed by atoms with Crippen molar-refractivity contribution in [3.63, 3.8) is 0 Å². The van der Waals surface area contributed by atoms with E-state index in [1.54, 1.807) is 0 Å². The molecule has 216 valence electrons. The fraction of sp³-hybridized carbons (Fsp3) is 0.367. The molecule has 9 nitrogen and oxygen atoms in total. The second-order valence-electron chi connectivity index (χ2n) is 9.99. The van der Waals surface area contributed by atoms with Crippen molar-refractivity contribution in [2.75, 3.05) is 35.4 Å². The number of benzene rings is 2. The Hall–Kier alpha value is -3.83. The minimum atomic E-state index is -0.115. The molecule has 0 fully saturated rings. The molecule has 4 aromatic rings. The van der Waals surface area contributed by atoms with E-state index in [9.17, 15) is 9.59 Å². The standard InChI is InChI=1S/C30H37N7O2S2/c1-5-8-22(28-36-37-30(41-28)35-27(39)17-21-10-7-12-24(15-21)32-4)13-19(2)25-18-33-29(40-25)34-26(38)16-20-9-6-11-23(14-20)31-3/h6-7,9-12,14-15,18-19,22,31-32H,5,8,13,16-17H2,1-4H3,(H,33,34,38)(H,35,37,39). The Morgan fingerprint density at radius 2 is 1.46 bits per heavy atom. The minimum Gasteiger partial charge on any atom is -0.388 e. The van der Waals surface area contributed by atoms with Gasteiger partial charge < -0.3 is 21.3 Å². The van der Waals surface area contributed by atoms with E-state index in [2.05, 4.69) is 50.3 Å². The fourth-order valence-corrected chi connectivity index (χ4v) is 6.43. The molecule has 0 bridgehead atoms. The number of amides is 2. The van der Waals surface area contributed by atoms with Gasteiger partial charge in [0.05, 0.1) is 12.8 Å². The first-order chi connectivity index (χ1) is 19.9. The predicted octanol–water partition coefficient (Wildman–Crippen LogP) is 6.52. The van der Waals surface area contributed by atoms with Gasteiger partial charge >= 0.3 is 0 Å². The van der Waals surface area contributed by atoms with Gasteiger partial charge in [-0.1, -0.05) is 55.9 Å². The first kappa shape index (κ1) is 30.1. The van der Waals surface area contributed by atoms with Crippen LogP contribution >= 0.6 is 22.7 Å². The van der Waals surface area contributed by atoms with Crippen LogP contribution in [-0.2, 0) is 22.4 Å². The maximum atomic E-state index is 12.6. The zero-order chi connectivity index (χ0) is 29.2. The summed E-state index contributed by atoms with van der Waals surface area (Å²) >= 11 is 2.95. The van der Waals surface area contributed by atoms with Crippen LogP contribution in [0.5, 0.6) is 0 Å². The molecule has 4 N–H and O–H groups in total. The lowest BCUT2D eigenvalue weighted by Crippen LogP contribution is -2.14. The van der Waals surface area contributed by atoms with Crippen LogP contribution in [0.3, 0.4) is 0 Å². The number of carbonyl (C=O) groups is 2. The number of hydrogen-bond acceptors (Lipinski definition) is 9. The summed E-state index contributed by atoms with van der Waals surface area (Å²) in [5, 5.41) is 22.8. The molecule has 0 aliphatic carbocycles. The Bertz CT molecular complexity index is 1450. The Kier molecular flexibility index (Phi) is 10.8. The summed E-state index contributed by atoms with van der Waals surface area (Å²) in [4.78, 5) is 30.8. The highest BCUT2D eigenvalue weighted by Crippen LogP contribution is 2.37. The number of nitrogens with one attached hydrogen (secondary N) is 4. The predicted molar refractivity (Wildman–Crippen MR) is 169 cm³/mol. The summed E-state index contributed by atoms with van der Waals surface area (Å²) in [5.74, 6) is 0.234. The van der Waals surface area contributed by atoms with Gasteiger partial charge in [0, 0.05) is 42.5 Å². The third-order valence-corrected chi connectivity index (χ3v) is 8.87. The molecule has 4 rings (SSSR count). The van der Waals surface area contributed by atoms with E-state index in [0.29, 0.717) is 10.3 Å². The molecule has 2 heterocycles. The molecule has 0 spiro atoms. The van der Waals surface area contributed by atoms with E-state index >= 15 is 0 Å². The topological polar surface area (TPSA) is 121 Å². The highest BCUT2D eigenvalue weighted by atomic mass is 32.1. The third-order valence-electron chi connectivity index (χ3n) is 6.73. The van der Waals surface area contributed by atoms with Crippen LogP contribution in [0.4, 0.5) is 21.6 Å². The van der Waals surface area contributed by atoms with Crippen molar-refractivity contribution in [2.24, 2.45) is 0 Å². The summed E-state index contributed by atoms with van der Waals surface area (Å²) < 4.78 is 0. The Balaban J connectivity index is 1.33. The largest absolute Gasteiger partial charge is 0.388 e. The number of aromatic nitrogens is 3. The summed E-state index contributed by atoms with van der Waals surface area (Å²) in [6.07, 6.45) is 5.27. The average Bonchev–Trinajstić information content (AvgIpc) is 3.62. The number of anilines is 4. The maximum Gasteiger partial charge on any atom is 0.230 e. The summed E-state index contributed by atoms with van der Waals surface area (Å²) in [7, 11) is 3.71. The second-order valence-corrected chi connectivity index (χ2v) is 12.1. The van der Waals surface area contributed by atoms with E-state index in [4.69, 9.17) is 0 Å². The highest BCUT2D eigenvalue weighted by molar-refractivity contribution is 7.16. The molecule has 41 heavy (non-hydrogen) atoms. The first-order valence-corrected chi connectivity index (χ1v) is 15.4. The van der Waals surface area contributed by atoms with Gasteiger partial charge in [-0.25, -0.2) is 4.98 Å². The SMILES string of the molecule is CCCC(CC(C)c1cnc(NC(=O)Cc2cccc(NC)c2)s1)c1nnc(NC(=O)Cc2cccc(NC)c2)s1. The highest BCUT2D eigenvalue weighted by Gasteiger charge is 2.22. The number of hydrogen-bond donors (Lipinski definition) is 4. The van der Waals surface area contributed by atoms with Crippen molar-refractivity contribution < 1.29 is 9.59 Å². The summed E-state index contributed by atoms with van der Waals surface area (Å²) in [5.41, 5.74) is 3.82. The third kappa shape index (κ3) is 8.83. The van der Waals surface area contributed by atoms with Crippen LogP contribution < -0.4 is 21.3 Å². The Labute approximate surface area is 249 Å². The second kappa shape index (κ2) is 14.7. The molecule has 0 saturated heterocycles. The van der Waals surface area contributed by atoms with Crippen LogP contribution in [0, 0.1) is 0 Å². The van der Waals surface area contributed by atoms with Crippen molar-refractivity contribution in [1.29, 1.82) is 0 Å². The molecule has 2 aromatic heterocycles. The smallest absolute Gasteiger partial charge is 0.230 e. The molecule has 2 unspecified atom stereocenters. The molecule has 0 saturated carbocycles. The van der Waals surface area contributed by atoms with Crippen LogP contribution in [0.2, 0.25) is 0 Å². The quantitative estimate of drug-likeness (QED) is 0.132. The van der Waals surface area contributed by atoms with Gasteiger partial charge in [-0.15, -0.1) is 21.5 Å².